The molecule has 0 bridgehead atoms. The standard InChI is InChI=1S/C14H14N4O2/c1-8-14(11(18-20-8)4-5-13(15)19)9-2-3-10-12(6-9)17-7-16-10/h2-3,6-7H,4-5H2,1H3,(H2,15,19)(H,16,17). The molecule has 0 aliphatic rings. The summed E-state index contributed by atoms with van der Waals surface area (Å²) in [7, 11) is 0. The number of aromatic amines is 1. The Morgan fingerprint density at radius 3 is 3.10 bits per heavy atom. The Kier molecular flexibility index (Phi) is 2.98. The van der Waals surface area contributed by atoms with Gasteiger partial charge in [-0.2, -0.15) is 0 Å². The van der Waals surface area contributed by atoms with Crippen LogP contribution < -0.4 is 5.73 Å². The maximum Gasteiger partial charge on any atom is 0.217 e. The molecule has 0 fully saturated rings. The first-order valence-corrected chi connectivity index (χ1v) is 6.32. The quantitative estimate of drug-likeness (QED) is 0.757. The number of hydrogen-bond acceptors (Lipinski definition) is 4. The fraction of sp³-hybridized carbons (Fsp3) is 0.214. The van der Waals surface area contributed by atoms with Gasteiger partial charge in [-0.25, -0.2) is 4.98 Å². The van der Waals surface area contributed by atoms with E-state index in [1.54, 1.807) is 6.33 Å². The predicted molar refractivity (Wildman–Crippen MR) is 73.8 cm³/mol. The molecule has 20 heavy (non-hydrogen) atoms. The zero-order chi connectivity index (χ0) is 14.1. The minimum atomic E-state index is -0.347. The number of H-pyrrole nitrogens is 1. The summed E-state index contributed by atoms with van der Waals surface area (Å²) in [6.45, 7) is 1.85. The molecule has 102 valence electrons. The third-order valence-electron chi connectivity index (χ3n) is 3.25. The molecule has 2 heterocycles. The second-order valence-electron chi connectivity index (χ2n) is 4.66. The number of primary amides is 1. The number of carbonyl (C=O) groups is 1. The highest BCUT2D eigenvalue weighted by molar-refractivity contribution is 5.82. The Hall–Kier alpha value is -2.63. The summed E-state index contributed by atoms with van der Waals surface area (Å²) in [5, 5.41) is 4.02. The molecule has 0 saturated carbocycles. The number of nitrogens with one attached hydrogen (secondary N) is 1. The molecule has 6 nitrogen and oxygen atoms in total. The number of nitrogens with two attached hydrogens (primary N) is 1. The number of rotatable bonds is 4. The van der Waals surface area contributed by atoms with Crippen molar-refractivity contribution in [3.05, 3.63) is 36.0 Å². The molecule has 0 saturated heterocycles. The molecule has 0 spiro atoms. The van der Waals surface area contributed by atoms with Crippen LogP contribution in [-0.2, 0) is 11.2 Å². The first kappa shape index (κ1) is 12.4. The average Bonchev–Trinajstić information content (AvgIpc) is 3.01. The van der Waals surface area contributed by atoms with E-state index in [0.717, 1.165) is 33.6 Å². The van der Waals surface area contributed by atoms with Gasteiger partial charge in [-0.05, 0) is 24.6 Å². The Labute approximate surface area is 115 Å². The Morgan fingerprint density at radius 2 is 2.30 bits per heavy atom. The molecule has 0 atom stereocenters. The van der Waals surface area contributed by atoms with E-state index < -0.39 is 0 Å². The normalized spacial score (nSPS) is 11.1. The highest BCUT2D eigenvalue weighted by atomic mass is 16.5. The van der Waals surface area contributed by atoms with Gasteiger partial charge in [-0.3, -0.25) is 4.79 Å². The fourth-order valence-electron chi connectivity index (χ4n) is 2.29. The molecule has 3 rings (SSSR count). The Morgan fingerprint density at radius 1 is 1.45 bits per heavy atom. The van der Waals surface area contributed by atoms with Gasteiger partial charge in [0.2, 0.25) is 5.91 Å². The molecular weight excluding hydrogens is 256 g/mol. The zero-order valence-corrected chi connectivity index (χ0v) is 11.0. The number of aryl methyl sites for hydroxylation is 2. The molecule has 0 radical (unpaired) electrons. The van der Waals surface area contributed by atoms with E-state index in [1.165, 1.54) is 0 Å². The first-order chi connectivity index (χ1) is 9.65. The van der Waals surface area contributed by atoms with Crippen LogP contribution >= 0.6 is 0 Å². The van der Waals surface area contributed by atoms with Gasteiger partial charge in [-0.1, -0.05) is 11.2 Å². The topological polar surface area (TPSA) is 97.8 Å². The van der Waals surface area contributed by atoms with Crippen molar-refractivity contribution in [2.24, 2.45) is 5.73 Å². The maximum absolute atomic E-state index is 10.9. The van der Waals surface area contributed by atoms with Gasteiger partial charge in [0.25, 0.3) is 0 Å². The van der Waals surface area contributed by atoms with Crippen LogP contribution in [0.25, 0.3) is 22.2 Å². The van der Waals surface area contributed by atoms with Gasteiger partial charge in [0.15, 0.2) is 0 Å². The Bertz CT molecular complexity index is 772. The van der Waals surface area contributed by atoms with Crippen LogP contribution in [0.15, 0.2) is 29.0 Å². The molecule has 3 aromatic rings. The highest BCUT2D eigenvalue weighted by Gasteiger charge is 2.16. The van der Waals surface area contributed by atoms with Gasteiger partial charge < -0.3 is 15.2 Å². The van der Waals surface area contributed by atoms with Crippen LogP contribution in [0, 0.1) is 6.92 Å². The highest BCUT2D eigenvalue weighted by Crippen LogP contribution is 2.29. The summed E-state index contributed by atoms with van der Waals surface area (Å²) in [6.07, 6.45) is 2.39. The first-order valence-electron chi connectivity index (χ1n) is 6.32. The van der Waals surface area contributed by atoms with Crippen molar-refractivity contribution in [1.82, 2.24) is 15.1 Å². The summed E-state index contributed by atoms with van der Waals surface area (Å²) >= 11 is 0. The van der Waals surface area contributed by atoms with Crippen molar-refractivity contribution in [2.45, 2.75) is 19.8 Å². The molecule has 0 aliphatic heterocycles. The number of hydrogen-bond donors (Lipinski definition) is 2. The maximum atomic E-state index is 10.9. The largest absolute Gasteiger partial charge is 0.370 e. The van der Waals surface area contributed by atoms with Gasteiger partial charge in [0.05, 0.1) is 23.1 Å². The van der Waals surface area contributed by atoms with E-state index in [0.29, 0.717) is 6.42 Å². The second kappa shape index (κ2) is 4.80. The number of nitrogens with zero attached hydrogens (tertiary/aromatic N) is 2. The lowest BCUT2D eigenvalue weighted by atomic mass is 10.0. The lowest BCUT2D eigenvalue weighted by molar-refractivity contribution is -0.118. The van der Waals surface area contributed by atoms with Crippen molar-refractivity contribution in [1.29, 1.82) is 0 Å². The smallest absolute Gasteiger partial charge is 0.217 e. The summed E-state index contributed by atoms with van der Waals surface area (Å²) in [5.41, 5.74) is 9.69. The van der Waals surface area contributed by atoms with E-state index in [-0.39, 0.29) is 12.3 Å². The summed E-state index contributed by atoms with van der Waals surface area (Å²) in [4.78, 5) is 18.2. The molecule has 3 N–H and O–H groups in total. The van der Waals surface area contributed by atoms with Gasteiger partial charge in [0.1, 0.15) is 5.76 Å². The molecular formula is C14H14N4O2. The van der Waals surface area contributed by atoms with Crippen molar-refractivity contribution >= 4 is 16.9 Å². The van der Waals surface area contributed by atoms with Gasteiger partial charge >= 0.3 is 0 Å². The third-order valence-corrected chi connectivity index (χ3v) is 3.25. The lowest BCUT2D eigenvalue weighted by Crippen LogP contribution is -2.11. The van der Waals surface area contributed by atoms with Crippen LogP contribution in [0.3, 0.4) is 0 Å². The molecule has 0 unspecified atom stereocenters. The monoisotopic (exact) mass is 270 g/mol. The van der Waals surface area contributed by atoms with Gasteiger partial charge in [-0.15, -0.1) is 0 Å². The molecule has 0 aliphatic carbocycles. The van der Waals surface area contributed by atoms with Crippen LogP contribution in [0.5, 0.6) is 0 Å². The minimum Gasteiger partial charge on any atom is -0.370 e. The van der Waals surface area contributed by atoms with Crippen molar-refractivity contribution in [3.8, 4) is 11.1 Å². The van der Waals surface area contributed by atoms with Crippen molar-refractivity contribution < 1.29 is 9.32 Å². The third kappa shape index (κ3) is 2.16. The molecule has 6 heteroatoms. The number of amides is 1. The number of aromatic nitrogens is 3. The van der Waals surface area contributed by atoms with E-state index in [1.807, 2.05) is 25.1 Å². The number of fused-ring (bicyclic) bond motifs is 1. The SMILES string of the molecule is Cc1onc(CCC(N)=O)c1-c1ccc2nc[nH]c2c1. The van der Waals surface area contributed by atoms with Crippen molar-refractivity contribution in [3.63, 3.8) is 0 Å². The van der Waals surface area contributed by atoms with Crippen LogP contribution in [0.1, 0.15) is 17.9 Å². The van der Waals surface area contributed by atoms with Crippen molar-refractivity contribution in [2.75, 3.05) is 0 Å². The average molecular weight is 270 g/mol. The fourth-order valence-corrected chi connectivity index (χ4v) is 2.29. The minimum absolute atomic E-state index is 0.255. The molecule has 1 aromatic carbocycles. The van der Waals surface area contributed by atoms with E-state index >= 15 is 0 Å². The van der Waals surface area contributed by atoms with E-state index in [9.17, 15) is 4.79 Å². The van der Waals surface area contributed by atoms with E-state index in [2.05, 4.69) is 15.1 Å². The number of imidazole rings is 1. The number of benzene rings is 1. The second-order valence-corrected chi connectivity index (χ2v) is 4.66. The number of carbonyl (C=O) groups excluding carboxylic acids is 1. The van der Waals surface area contributed by atoms with E-state index in [4.69, 9.17) is 10.3 Å². The summed E-state index contributed by atoms with van der Waals surface area (Å²) in [6, 6.07) is 5.90. The lowest BCUT2D eigenvalue weighted by Gasteiger charge is -2.02. The summed E-state index contributed by atoms with van der Waals surface area (Å²) < 4.78 is 5.25. The van der Waals surface area contributed by atoms with Crippen LogP contribution in [-0.4, -0.2) is 21.0 Å². The molecule has 1 amide bonds. The predicted octanol–water partition coefficient (Wildman–Crippen LogP) is 1.94. The molecule has 2 aromatic heterocycles. The zero-order valence-electron chi connectivity index (χ0n) is 11.0. The van der Waals surface area contributed by atoms with Crippen LogP contribution in [0.2, 0.25) is 0 Å². The Balaban J connectivity index is 2.03. The summed E-state index contributed by atoms with van der Waals surface area (Å²) in [5.74, 6) is 0.379. The van der Waals surface area contributed by atoms with Gasteiger partial charge in [0, 0.05) is 18.4 Å². The van der Waals surface area contributed by atoms with Crippen LogP contribution in [0.4, 0.5) is 0 Å².